The number of thiophene rings is 1. The van der Waals surface area contributed by atoms with Crippen LogP contribution in [0.2, 0.25) is 4.34 Å². The molecule has 25 heavy (non-hydrogen) atoms. The van der Waals surface area contributed by atoms with E-state index in [4.69, 9.17) is 11.6 Å². The normalized spacial score (nSPS) is 19.3. The minimum atomic E-state index is -2.97. The van der Waals surface area contributed by atoms with E-state index in [0.29, 0.717) is 22.2 Å². The Morgan fingerprint density at radius 1 is 1.44 bits per heavy atom. The number of carbonyl (C=O) groups is 1. The van der Waals surface area contributed by atoms with Crippen molar-refractivity contribution in [2.45, 2.75) is 32.9 Å². The Hall–Kier alpha value is -1.38. The van der Waals surface area contributed by atoms with E-state index in [1.165, 1.54) is 11.3 Å². The maximum Gasteiger partial charge on any atom is 0.264 e. The molecule has 136 valence electrons. The molecule has 0 bridgehead atoms. The summed E-state index contributed by atoms with van der Waals surface area (Å²) in [4.78, 5) is 14.7. The molecular formula is C16H20ClN3O3S2. The van der Waals surface area contributed by atoms with Crippen LogP contribution in [0.25, 0.3) is 0 Å². The fourth-order valence-electron chi connectivity index (χ4n) is 3.18. The van der Waals surface area contributed by atoms with Crippen molar-refractivity contribution >= 4 is 38.7 Å². The Morgan fingerprint density at radius 2 is 2.16 bits per heavy atom. The van der Waals surface area contributed by atoms with Crippen molar-refractivity contribution in [3.8, 4) is 0 Å². The Morgan fingerprint density at radius 3 is 2.72 bits per heavy atom. The van der Waals surface area contributed by atoms with Gasteiger partial charge < -0.3 is 4.90 Å². The van der Waals surface area contributed by atoms with Crippen LogP contribution in [0.5, 0.6) is 0 Å². The molecule has 2 aromatic heterocycles. The van der Waals surface area contributed by atoms with E-state index in [1.54, 1.807) is 24.1 Å². The number of amides is 1. The van der Waals surface area contributed by atoms with Crippen LogP contribution < -0.4 is 0 Å². The number of hydrogen-bond acceptors (Lipinski definition) is 5. The first-order valence-electron chi connectivity index (χ1n) is 7.94. The second-order valence-electron chi connectivity index (χ2n) is 6.42. The predicted molar refractivity (Wildman–Crippen MR) is 99.1 cm³/mol. The van der Waals surface area contributed by atoms with Crippen LogP contribution in [0.4, 0.5) is 0 Å². The van der Waals surface area contributed by atoms with Crippen LogP contribution >= 0.6 is 22.9 Å². The van der Waals surface area contributed by atoms with Crippen LogP contribution in [0.1, 0.15) is 39.1 Å². The third-order valence-electron chi connectivity index (χ3n) is 4.56. The van der Waals surface area contributed by atoms with Crippen molar-refractivity contribution in [3.05, 3.63) is 38.3 Å². The molecule has 1 atom stereocenters. The lowest BCUT2D eigenvalue weighted by molar-refractivity contribution is 0.0789. The van der Waals surface area contributed by atoms with E-state index >= 15 is 0 Å². The number of nitrogens with zero attached hydrogens (tertiary/aromatic N) is 3. The second-order valence-corrected chi connectivity index (χ2v) is 10.4. The number of aryl methyl sites for hydroxylation is 1. The smallest absolute Gasteiger partial charge is 0.264 e. The molecular weight excluding hydrogens is 382 g/mol. The molecule has 0 aromatic carbocycles. The SMILES string of the molecule is Cc1nn([C@@H]2CCS(=O)(=O)C2)c(C)c1CN(C)C(=O)c1ccc(Cl)s1. The fraction of sp³-hybridized carbons (Fsp3) is 0.500. The van der Waals surface area contributed by atoms with Crippen molar-refractivity contribution in [2.75, 3.05) is 18.6 Å². The van der Waals surface area contributed by atoms with Crippen molar-refractivity contribution in [3.63, 3.8) is 0 Å². The van der Waals surface area contributed by atoms with Crippen LogP contribution in [-0.4, -0.2) is 47.6 Å². The highest BCUT2D eigenvalue weighted by Crippen LogP contribution is 2.28. The summed E-state index contributed by atoms with van der Waals surface area (Å²) in [5, 5.41) is 4.54. The molecule has 3 rings (SSSR count). The number of sulfone groups is 1. The van der Waals surface area contributed by atoms with Gasteiger partial charge in [-0.05, 0) is 32.4 Å². The van der Waals surface area contributed by atoms with E-state index in [-0.39, 0.29) is 23.5 Å². The number of aromatic nitrogens is 2. The first-order valence-corrected chi connectivity index (χ1v) is 11.0. The first kappa shape index (κ1) is 18.4. The predicted octanol–water partition coefficient (Wildman–Crippen LogP) is 2.85. The zero-order valence-electron chi connectivity index (χ0n) is 14.3. The van der Waals surface area contributed by atoms with Crippen LogP contribution in [0.3, 0.4) is 0 Å². The van der Waals surface area contributed by atoms with Gasteiger partial charge in [0.2, 0.25) is 0 Å². The number of halogens is 1. The molecule has 1 saturated heterocycles. The fourth-order valence-corrected chi connectivity index (χ4v) is 5.91. The third kappa shape index (κ3) is 3.75. The van der Waals surface area contributed by atoms with Crippen molar-refractivity contribution in [1.82, 2.24) is 14.7 Å². The molecule has 0 N–H and O–H groups in total. The number of rotatable bonds is 4. The Bertz CT molecular complexity index is 917. The van der Waals surface area contributed by atoms with Crippen LogP contribution in [-0.2, 0) is 16.4 Å². The summed E-state index contributed by atoms with van der Waals surface area (Å²) in [6.07, 6.45) is 0.589. The topological polar surface area (TPSA) is 72.3 Å². The summed E-state index contributed by atoms with van der Waals surface area (Å²) in [5.74, 6) is 0.256. The van der Waals surface area contributed by atoms with Gasteiger partial charge in [0.1, 0.15) is 0 Å². The Labute approximate surface area is 156 Å². The molecule has 9 heteroatoms. The molecule has 1 fully saturated rings. The molecule has 0 spiro atoms. The molecule has 0 saturated carbocycles. The zero-order valence-corrected chi connectivity index (χ0v) is 16.7. The van der Waals surface area contributed by atoms with E-state index in [1.807, 2.05) is 18.5 Å². The lowest BCUT2D eigenvalue weighted by Crippen LogP contribution is -2.26. The van der Waals surface area contributed by atoms with E-state index < -0.39 is 9.84 Å². The first-order chi connectivity index (χ1) is 11.7. The molecule has 1 amide bonds. The van der Waals surface area contributed by atoms with Gasteiger partial charge in [-0.25, -0.2) is 8.42 Å². The average Bonchev–Trinajstić information content (AvgIpc) is 3.20. The van der Waals surface area contributed by atoms with Gasteiger partial charge in [-0.1, -0.05) is 11.6 Å². The van der Waals surface area contributed by atoms with E-state index in [9.17, 15) is 13.2 Å². The van der Waals surface area contributed by atoms with E-state index in [0.717, 1.165) is 17.0 Å². The van der Waals surface area contributed by atoms with Crippen LogP contribution in [0.15, 0.2) is 12.1 Å². The summed E-state index contributed by atoms with van der Waals surface area (Å²) in [7, 11) is -1.23. The lowest BCUT2D eigenvalue weighted by Gasteiger charge is -2.17. The van der Waals surface area contributed by atoms with E-state index in [2.05, 4.69) is 5.10 Å². The molecule has 2 aromatic rings. The average molecular weight is 402 g/mol. The number of hydrogen-bond donors (Lipinski definition) is 0. The molecule has 6 nitrogen and oxygen atoms in total. The van der Waals surface area contributed by atoms with Gasteiger partial charge >= 0.3 is 0 Å². The van der Waals surface area contributed by atoms with Gasteiger partial charge in [0.05, 0.1) is 32.5 Å². The molecule has 0 radical (unpaired) electrons. The summed E-state index contributed by atoms with van der Waals surface area (Å²) >= 11 is 7.16. The van der Waals surface area contributed by atoms with Crippen molar-refractivity contribution < 1.29 is 13.2 Å². The van der Waals surface area contributed by atoms with Gasteiger partial charge in [-0.15, -0.1) is 11.3 Å². The van der Waals surface area contributed by atoms with Gasteiger partial charge in [0.15, 0.2) is 9.84 Å². The highest BCUT2D eigenvalue weighted by molar-refractivity contribution is 7.91. The summed E-state index contributed by atoms with van der Waals surface area (Å²) < 4.78 is 25.9. The largest absolute Gasteiger partial charge is 0.337 e. The maximum absolute atomic E-state index is 12.5. The lowest BCUT2D eigenvalue weighted by atomic mass is 10.1. The Kier molecular flexibility index (Phi) is 4.96. The summed E-state index contributed by atoms with van der Waals surface area (Å²) in [5.41, 5.74) is 2.71. The summed E-state index contributed by atoms with van der Waals surface area (Å²) in [6.45, 7) is 4.24. The molecule has 3 heterocycles. The van der Waals surface area contributed by atoms with Gasteiger partial charge in [-0.2, -0.15) is 5.10 Å². The number of carbonyl (C=O) groups excluding carboxylic acids is 1. The molecule has 1 aliphatic heterocycles. The highest BCUT2D eigenvalue weighted by Gasteiger charge is 2.31. The minimum absolute atomic E-state index is 0.0908. The zero-order chi connectivity index (χ0) is 18.4. The second kappa shape index (κ2) is 6.74. The molecule has 0 aliphatic carbocycles. The van der Waals surface area contributed by atoms with Gasteiger partial charge in [0, 0.05) is 24.8 Å². The van der Waals surface area contributed by atoms with Crippen LogP contribution in [0, 0.1) is 13.8 Å². The maximum atomic E-state index is 12.5. The minimum Gasteiger partial charge on any atom is -0.337 e. The molecule has 0 unspecified atom stereocenters. The highest BCUT2D eigenvalue weighted by atomic mass is 35.5. The standard InChI is InChI=1S/C16H20ClN3O3S2/c1-10-13(8-19(3)16(21)14-4-5-15(17)24-14)11(2)20(18-10)12-6-7-25(22,23)9-12/h4-5,12H,6-9H2,1-3H3/t12-/m1/s1. The summed E-state index contributed by atoms with van der Waals surface area (Å²) in [6, 6.07) is 3.32. The monoisotopic (exact) mass is 401 g/mol. The van der Waals surface area contributed by atoms with Crippen molar-refractivity contribution in [2.24, 2.45) is 0 Å². The third-order valence-corrected chi connectivity index (χ3v) is 7.52. The van der Waals surface area contributed by atoms with Gasteiger partial charge in [0.25, 0.3) is 5.91 Å². The van der Waals surface area contributed by atoms with Gasteiger partial charge in [-0.3, -0.25) is 9.48 Å². The molecule has 1 aliphatic rings. The van der Waals surface area contributed by atoms with Crippen molar-refractivity contribution in [1.29, 1.82) is 0 Å². The Balaban J connectivity index is 1.80. The quantitative estimate of drug-likeness (QED) is 0.789.